The predicted molar refractivity (Wildman–Crippen MR) is 132 cm³/mol. The van der Waals surface area contributed by atoms with Gasteiger partial charge in [-0.25, -0.2) is 0 Å². The van der Waals surface area contributed by atoms with Crippen molar-refractivity contribution in [3.8, 4) is 0 Å². The van der Waals surface area contributed by atoms with Crippen LogP contribution < -0.4 is 5.32 Å². The van der Waals surface area contributed by atoms with Gasteiger partial charge in [-0.2, -0.15) is 0 Å². The van der Waals surface area contributed by atoms with Gasteiger partial charge in [0.05, 0.1) is 0 Å². The van der Waals surface area contributed by atoms with Crippen molar-refractivity contribution >= 4 is 29.9 Å². The fourth-order valence-electron chi connectivity index (χ4n) is 5.35. The molecule has 0 aromatic heterocycles. The average Bonchev–Trinajstić information content (AvgIpc) is 3.42. The zero-order valence-corrected chi connectivity index (χ0v) is 20.7. The number of aliphatic imine (C=N–C) groups is 1. The number of likely N-dealkylation sites (tertiary alicyclic amines) is 2. The van der Waals surface area contributed by atoms with Crippen molar-refractivity contribution in [3.05, 3.63) is 35.4 Å². The molecule has 1 aliphatic carbocycles. The van der Waals surface area contributed by atoms with E-state index in [0.29, 0.717) is 0 Å². The summed E-state index contributed by atoms with van der Waals surface area (Å²) in [7, 11) is 6.37. The number of hydrogen-bond acceptors (Lipinski definition) is 3. The molecule has 162 valence electrons. The summed E-state index contributed by atoms with van der Waals surface area (Å²) in [5.74, 6) is 1.87. The Labute approximate surface area is 193 Å². The molecule has 2 heterocycles. The number of halogens is 1. The zero-order chi connectivity index (χ0) is 19.6. The van der Waals surface area contributed by atoms with Crippen LogP contribution in [0.1, 0.15) is 30.4 Å². The van der Waals surface area contributed by atoms with Crippen molar-refractivity contribution in [2.24, 2.45) is 10.9 Å². The molecule has 3 aliphatic rings. The fraction of sp³-hybridized carbons (Fsp3) is 0.696. The van der Waals surface area contributed by atoms with Gasteiger partial charge in [-0.1, -0.05) is 24.3 Å². The smallest absolute Gasteiger partial charge is 0.193 e. The summed E-state index contributed by atoms with van der Waals surface area (Å²) < 4.78 is 0. The molecule has 0 amide bonds. The van der Waals surface area contributed by atoms with E-state index < -0.39 is 0 Å². The molecule has 5 nitrogen and oxygen atoms in total. The number of fused-ring (bicyclic) bond motifs is 1. The normalized spacial score (nSPS) is 24.1. The van der Waals surface area contributed by atoms with Crippen LogP contribution in [-0.2, 0) is 12.8 Å². The van der Waals surface area contributed by atoms with Crippen molar-refractivity contribution in [1.82, 2.24) is 20.0 Å². The van der Waals surface area contributed by atoms with Crippen molar-refractivity contribution in [3.63, 3.8) is 0 Å². The van der Waals surface area contributed by atoms with E-state index in [4.69, 9.17) is 0 Å². The first-order valence-corrected chi connectivity index (χ1v) is 11.0. The predicted octanol–water partition coefficient (Wildman–Crippen LogP) is 2.70. The second kappa shape index (κ2) is 9.96. The molecule has 1 unspecified atom stereocenters. The number of nitrogens with one attached hydrogen (secondary N) is 1. The molecular weight excluding hydrogens is 473 g/mol. The highest BCUT2D eigenvalue weighted by molar-refractivity contribution is 14.0. The molecule has 2 saturated heterocycles. The summed E-state index contributed by atoms with van der Waals surface area (Å²) in [5.41, 5.74) is 3.13. The molecule has 2 fully saturated rings. The maximum atomic E-state index is 4.64. The van der Waals surface area contributed by atoms with Crippen LogP contribution >= 0.6 is 24.0 Å². The molecule has 6 heteroatoms. The molecule has 1 N–H and O–H groups in total. The average molecular weight is 511 g/mol. The molecule has 1 atom stereocenters. The Morgan fingerprint density at radius 2 is 1.79 bits per heavy atom. The standard InChI is InChI=1S/C23H37N5.HI/c1-24-22(28-13-10-19(17-28)16-27-11-6-7-12-27)25-18-23(26(2)3)14-20-8-4-5-9-21(20)15-23;/h4-5,8-9,19H,6-7,10-18H2,1-3H3,(H,24,25);1H. The van der Waals surface area contributed by atoms with Gasteiger partial charge in [0.1, 0.15) is 0 Å². The van der Waals surface area contributed by atoms with E-state index in [1.165, 1.54) is 50.0 Å². The molecular formula is C23H38IN5. The van der Waals surface area contributed by atoms with E-state index in [1.54, 1.807) is 0 Å². The number of guanidine groups is 1. The number of likely N-dealkylation sites (N-methyl/N-ethyl adjacent to an activating group) is 1. The van der Waals surface area contributed by atoms with Crippen LogP contribution in [0.2, 0.25) is 0 Å². The Hall–Kier alpha value is -0.860. The largest absolute Gasteiger partial charge is 0.354 e. The number of nitrogens with zero attached hydrogens (tertiary/aromatic N) is 4. The lowest BCUT2D eigenvalue weighted by Gasteiger charge is -2.37. The second-order valence-corrected chi connectivity index (χ2v) is 9.25. The lowest BCUT2D eigenvalue weighted by Crippen LogP contribution is -2.55. The summed E-state index contributed by atoms with van der Waals surface area (Å²) in [5, 5.41) is 3.75. The monoisotopic (exact) mass is 511 g/mol. The Morgan fingerprint density at radius 3 is 2.38 bits per heavy atom. The SMILES string of the molecule is CN=C(NCC1(N(C)C)Cc2ccccc2C1)N1CCC(CN2CCCC2)C1.I. The van der Waals surface area contributed by atoms with Gasteiger partial charge in [0.25, 0.3) is 0 Å². The van der Waals surface area contributed by atoms with E-state index >= 15 is 0 Å². The first-order chi connectivity index (χ1) is 13.6. The molecule has 0 radical (unpaired) electrons. The van der Waals surface area contributed by atoms with Gasteiger partial charge >= 0.3 is 0 Å². The zero-order valence-electron chi connectivity index (χ0n) is 18.4. The van der Waals surface area contributed by atoms with E-state index in [9.17, 15) is 0 Å². The van der Waals surface area contributed by atoms with Crippen LogP contribution in [0.3, 0.4) is 0 Å². The maximum absolute atomic E-state index is 4.64. The summed E-state index contributed by atoms with van der Waals surface area (Å²) >= 11 is 0. The number of hydrogen-bond donors (Lipinski definition) is 1. The van der Waals surface area contributed by atoms with E-state index in [2.05, 4.69) is 63.4 Å². The van der Waals surface area contributed by atoms with Crippen LogP contribution in [0.4, 0.5) is 0 Å². The lowest BCUT2D eigenvalue weighted by atomic mass is 9.94. The van der Waals surface area contributed by atoms with E-state index in [1.807, 2.05) is 7.05 Å². The first-order valence-electron chi connectivity index (χ1n) is 11.0. The third-order valence-electron chi connectivity index (χ3n) is 7.19. The van der Waals surface area contributed by atoms with Gasteiger partial charge < -0.3 is 20.0 Å². The van der Waals surface area contributed by atoms with Gasteiger partial charge in [0.15, 0.2) is 5.96 Å². The van der Waals surface area contributed by atoms with E-state index in [-0.39, 0.29) is 29.5 Å². The van der Waals surface area contributed by atoms with Crippen LogP contribution in [-0.4, -0.2) is 86.6 Å². The molecule has 4 rings (SSSR count). The second-order valence-electron chi connectivity index (χ2n) is 9.25. The Morgan fingerprint density at radius 1 is 1.14 bits per heavy atom. The number of benzene rings is 1. The summed E-state index contributed by atoms with van der Waals surface area (Å²) in [4.78, 5) is 12.2. The van der Waals surface area contributed by atoms with Crippen LogP contribution in [0, 0.1) is 5.92 Å². The quantitative estimate of drug-likeness (QED) is 0.375. The first kappa shape index (κ1) is 22.8. The molecule has 0 spiro atoms. The van der Waals surface area contributed by atoms with Crippen LogP contribution in [0.5, 0.6) is 0 Å². The highest BCUT2D eigenvalue weighted by atomic mass is 127. The molecule has 1 aromatic carbocycles. The van der Waals surface area contributed by atoms with Gasteiger partial charge in [-0.3, -0.25) is 4.99 Å². The summed E-state index contributed by atoms with van der Waals surface area (Å²) in [6.45, 7) is 7.09. The van der Waals surface area contributed by atoms with Crippen molar-refractivity contribution in [2.45, 2.75) is 37.6 Å². The van der Waals surface area contributed by atoms with Crippen molar-refractivity contribution < 1.29 is 0 Å². The third-order valence-corrected chi connectivity index (χ3v) is 7.19. The molecule has 29 heavy (non-hydrogen) atoms. The van der Waals surface area contributed by atoms with Gasteiger partial charge in [0.2, 0.25) is 0 Å². The highest BCUT2D eigenvalue weighted by Crippen LogP contribution is 2.33. The van der Waals surface area contributed by atoms with Gasteiger partial charge in [-0.05, 0) is 76.3 Å². The minimum atomic E-state index is 0. The lowest BCUT2D eigenvalue weighted by molar-refractivity contribution is 0.163. The maximum Gasteiger partial charge on any atom is 0.193 e. The van der Waals surface area contributed by atoms with E-state index in [0.717, 1.165) is 44.4 Å². The Bertz CT molecular complexity index is 673. The summed E-state index contributed by atoms with van der Waals surface area (Å²) in [6, 6.07) is 8.92. The van der Waals surface area contributed by atoms with Gasteiger partial charge in [-0.15, -0.1) is 24.0 Å². The van der Waals surface area contributed by atoms with Gasteiger partial charge in [0, 0.05) is 38.8 Å². The number of rotatable bonds is 5. The Balaban J connectivity index is 0.00000240. The van der Waals surface area contributed by atoms with Crippen molar-refractivity contribution in [1.29, 1.82) is 0 Å². The topological polar surface area (TPSA) is 34.1 Å². The summed E-state index contributed by atoms with van der Waals surface area (Å²) in [6.07, 6.45) is 6.28. The molecule has 1 aromatic rings. The Kier molecular flexibility index (Phi) is 7.84. The third kappa shape index (κ3) is 5.07. The molecule has 0 saturated carbocycles. The van der Waals surface area contributed by atoms with Crippen LogP contribution in [0.15, 0.2) is 29.3 Å². The molecule has 2 aliphatic heterocycles. The highest BCUT2D eigenvalue weighted by Gasteiger charge is 2.39. The minimum absolute atomic E-state index is 0. The fourth-order valence-corrected chi connectivity index (χ4v) is 5.35. The van der Waals surface area contributed by atoms with Crippen molar-refractivity contribution in [2.75, 3.05) is 60.4 Å². The minimum Gasteiger partial charge on any atom is -0.354 e. The molecule has 0 bridgehead atoms. The van der Waals surface area contributed by atoms with Crippen LogP contribution in [0.25, 0.3) is 0 Å².